The molecule has 0 saturated heterocycles. The van der Waals surface area contributed by atoms with Gasteiger partial charge < -0.3 is 14.4 Å². The Morgan fingerprint density at radius 2 is 1.58 bits per heavy atom. The smallest absolute Gasteiger partial charge is 0.240 e. The lowest BCUT2D eigenvalue weighted by Crippen LogP contribution is -2.34. The van der Waals surface area contributed by atoms with Gasteiger partial charge in [-0.05, 0) is 63.0 Å². The van der Waals surface area contributed by atoms with Crippen molar-refractivity contribution in [3.05, 3.63) is 54.1 Å². The Kier molecular flexibility index (Phi) is 7.02. The van der Waals surface area contributed by atoms with Gasteiger partial charge in [-0.3, -0.25) is 0 Å². The van der Waals surface area contributed by atoms with Crippen LogP contribution in [0.5, 0.6) is 11.5 Å². The second kappa shape index (κ2) is 9.02. The molecule has 0 aliphatic rings. The maximum atomic E-state index is 12.6. The van der Waals surface area contributed by atoms with E-state index in [0.29, 0.717) is 12.4 Å². The van der Waals surface area contributed by atoms with E-state index in [0.717, 1.165) is 11.3 Å². The third-order valence-corrected chi connectivity index (χ3v) is 5.48. The van der Waals surface area contributed by atoms with Crippen molar-refractivity contribution < 1.29 is 17.9 Å². The molecule has 26 heavy (non-hydrogen) atoms. The van der Waals surface area contributed by atoms with Crippen LogP contribution in [0.3, 0.4) is 0 Å². The molecule has 2 aromatic carbocycles. The van der Waals surface area contributed by atoms with Gasteiger partial charge in [0.2, 0.25) is 10.0 Å². The lowest BCUT2D eigenvalue weighted by atomic mass is 10.1. The highest BCUT2D eigenvalue weighted by Crippen LogP contribution is 2.22. The molecular formula is C19H26N2O4S. The summed E-state index contributed by atoms with van der Waals surface area (Å²) in [5.41, 5.74) is 1.00. The highest BCUT2D eigenvalue weighted by atomic mass is 32.2. The van der Waals surface area contributed by atoms with Crippen LogP contribution in [-0.2, 0) is 10.0 Å². The Morgan fingerprint density at radius 1 is 1.00 bits per heavy atom. The first-order chi connectivity index (χ1) is 12.4. The van der Waals surface area contributed by atoms with Crippen molar-refractivity contribution in [1.29, 1.82) is 0 Å². The predicted octanol–water partition coefficient (Wildman–Crippen LogP) is 2.68. The van der Waals surface area contributed by atoms with Crippen molar-refractivity contribution >= 4 is 10.0 Å². The van der Waals surface area contributed by atoms with Crippen LogP contribution in [0.4, 0.5) is 0 Å². The molecule has 6 nitrogen and oxygen atoms in total. The van der Waals surface area contributed by atoms with E-state index >= 15 is 0 Å². The summed E-state index contributed by atoms with van der Waals surface area (Å²) >= 11 is 0. The molecule has 0 spiro atoms. The minimum atomic E-state index is -3.60. The van der Waals surface area contributed by atoms with Gasteiger partial charge in [-0.1, -0.05) is 12.1 Å². The highest BCUT2D eigenvalue weighted by molar-refractivity contribution is 7.89. The molecule has 0 radical (unpaired) electrons. The Morgan fingerprint density at radius 3 is 2.08 bits per heavy atom. The summed E-state index contributed by atoms with van der Waals surface area (Å²) in [5, 5.41) is 0. The molecule has 1 atom stereocenters. The maximum Gasteiger partial charge on any atom is 0.240 e. The molecule has 0 amide bonds. The molecule has 142 valence electrons. The average molecular weight is 378 g/mol. The molecule has 0 aliphatic heterocycles. The lowest BCUT2D eigenvalue weighted by Gasteiger charge is -2.25. The van der Waals surface area contributed by atoms with E-state index in [4.69, 9.17) is 9.47 Å². The van der Waals surface area contributed by atoms with E-state index in [9.17, 15) is 8.42 Å². The lowest BCUT2D eigenvalue weighted by molar-refractivity contribution is 0.299. The van der Waals surface area contributed by atoms with Crippen LogP contribution >= 0.6 is 0 Å². The van der Waals surface area contributed by atoms with E-state index in [-0.39, 0.29) is 17.5 Å². The van der Waals surface area contributed by atoms with Crippen molar-refractivity contribution in [2.45, 2.75) is 17.9 Å². The fourth-order valence-electron chi connectivity index (χ4n) is 2.58. The third-order valence-electron chi connectivity index (χ3n) is 4.04. The van der Waals surface area contributed by atoms with Crippen LogP contribution in [0.1, 0.15) is 18.5 Å². The van der Waals surface area contributed by atoms with Gasteiger partial charge in [0.05, 0.1) is 18.6 Å². The van der Waals surface area contributed by atoms with Crippen molar-refractivity contribution in [1.82, 2.24) is 9.62 Å². The van der Waals surface area contributed by atoms with E-state index in [1.807, 2.05) is 50.2 Å². The van der Waals surface area contributed by atoms with Crippen LogP contribution in [0.25, 0.3) is 0 Å². The van der Waals surface area contributed by atoms with E-state index in [1.165, 1.54) is 0 Å². The standard InChI is InChI=1S/C19H26N2O4S/c1-5-25-17-10-12-18(13-11-17)26(22,23)20-14-19(21(2)3)15-6-8-16(24-4)9-7-15/h6-13,19-20H,5,14H2,1-4H3. The van der Waals surface area contributed by atoms with E-state index in [2.05, 4.69) is 4.72 Å². The summed E-state index contributed by atoms with van der Waals surface area (Å²) in [6.45, 7) is 2.68. The van der Waals surface area contributed by atoms with Gasteiger partial charge in [-0.25, -0.2) is 13.1 Å². The Bertz CT molecular complexity index is 787. The summed E-state index contributed by atoms with van der Waals surface area (Å²) in [6.07, 6.45) is 0. The number of methoxy groups -OCH3 is 1. The minimum Gasteiger partial charge on any atom is -0.497 e. The normalized spacial score (nSPS) is 12.8. The summed E-state index contributed by atoms with van der Waals surface area (Å²) < 4.78 is 38.4. The summed E-state index contributed by atoms with van der Waals surface area (Å²) in [6, 6.07) is 13.9. The van der Waals surface area contributed by atoms with Crippen molar-refractivity contribution in [2.24, 2.45) is 0 Å². The molecule has 0 fully saturated rings. The monoisotopic (exact) mass is 378 g/mol. The van der Waals surface area contributed by atoms with Gasteiger partial charge in [0.1, 0.15) is 11.5 Å². The molecule has 7 heteroatoms. The zero-order valence-electron chi connectivity index (χ0n) is 15.6. The molecular weight excluding hydrogens is 352 g/mol. The quantitative estimate of drug-likeness (QED) is 0.727. The largest absolute Gasteiger partial charge is 0.497 e. The Labute approximate surface area is 155 Å². The van der Waals surface area contributed by atoms with Gasteiger partial charge >= 0.3 is 0 Å². The number of likely N-dealkylation sites (N-methyl/N-ethyl adjacent to an activating group) is 1. The number of hydrogen-bond donors (Lipinski definition) is 1. The topological polar surface area (TPSA) is 67.9 Å². The number of ether oxygens (including phenoxy) is 2. The highest BCUT2D eigenvalue weighted by Gasteiger charge is 2.20. The maximum absolute atomic E-state index is 12.6. The number of rotatable bonds is 9. The van der Waals surface area contributed by atoms with Crippen molar-refractivity contribution in [2.75, 3.05) is 34.4 Å². The molecule has 0 aromatic heterocycles. The van der Waals surface area contributed by atoms with Crippen molar-refractivity contribution in [3.8, 4) is 11.5 Å². The minimum absolute atomic E-state index is 0.0987. The second-order valence-corrected chi connectivity index (χ2v) is 7.78. The first-order valence-electron chi connectivity index (χ1n) is 8.40. The van der Waals surface area contributed by atoms with Crippen LogP contribution < -0.4 is 14.2 Å². The van der Waals surface area contributed by atoms with E-state index in [1.54, 1.807) is 31.4 Å². The summed E-state index contributed by atoms with van der Waals surface area (Å²) in [7, 11) is 1.85. The predicted molar refractivity (Wildman–Crippen MR) is 102 cm³/mol. The third kappa shape index (κ3) is 5.20. The Hall–Kier alpha value is -2.09. The molecule has 1 unspecified atom stereocenters. The van der Waals surface area contributed by atoms with Crippen LogP contribution in [0, 0.1) is 0 Å². The van der Waals surface area contributed by atoms with Gasteiger partial charge in [-0.2, -0.15) is 0 Å². The summed E-state index contributed by atoms with van der Waals surface area (Å²) in [5.74, 6) is 1.41. The van der Waals surface area contributed by atoms with Gasteiger partial charge in [0, 0.05) is 12.6 Å². The second-order valence-electron chi connectivity index (χ2n) is 6.01. The number of hydrogen-bond acceptors (Lipinski definition) is 5. The van der Waals surface area contributed by atoms with Crippen LogP contribution in [0.2, 0.25) is 0 Å². The number of nitrogens with one attached hydrogen (secondary N) is 1. The fraction of sp³-hybridized carbons (Fsp3) is 0.368. The zero-order valence-corrected chi connectivity index (χ0v) is 16.4. The van der Waals surface area contributed by atoms with Gasteiger partial charge in [-0.15, -0.1) is 0 Å². The molecule has 2 rings (SSSR count). The molecule has 0 aliphatic carbocycles. The van der Waals surface area contributed by atoms with Crippen LogP contribution in [0.15, 0.2) is 53.4 Å². The molecule has 0 heterocycles. The zero-order chi connectivity index (χ0) is 19.2. The first kappa shape index (κ1) is 20.2. The van der Waals surface area contributed by atoms with Crippen molar-refractivity contribution in [3.63, 3.8) is 0 Å². The van der Waals surface area contributed by atoms with Gasteiger partial charge in [0.25, 0.3) is 0 Å². The number of sulfonamides is 1. The molecule has 1 N–H and O–H groups in total. The molecule has 0 saturated carbocycles. The Balaban J connectivity index is 2.11. The van der Waals surface area contributed by atoms with E-state index < -0.39 is 10.0 Å². The first-order valence-corrected chi connectivity index (χ1v) is 9.88. The molecule has 2 aromatic rings. The van der Waals surface area contributed by atoms with Crippen LogP contribution in [-0.4, -0.2) is 47.7 Å². The molecule has 0 bridgehead atoms. The summed E-state index contributed by atoms with van der Waals surface area (Å²) in [4.78, 5) is 2.19. The average Bonchev–Trinajstić information content (AvgIpc) is 2.63. The fourth-order valence-corrected chi connectivity index (χ4v) is 3.62. The number of nitrogens with zero attached hydrogens (tertiary/aromatic N) is 1. The number of benzene rings is 2. The van der Waals surface area contributed by atoms with Gasteiger partial charge in [0.15, 0.2) is 0 Å². The SMILES string of the molecule is CCOc1ccc(S(=O)(=O)NCC(c2ccc(OC)cc2)N(C)C)cc1.